The van der Waals surface area contributed by atoms with E-state index in [0.717, 1.165) is 17.4 Å². The van der Waals surface area contributed by atoms with Crippen molar-refractivity contribution in [2.24, 2.45) is 0 Å². The Balaban J connectivity index is 2.07. The molecule has 2 aromatic carbocycles. The van der Waals surface area contributed by atoms with E-state index in [1.54, 1.807) is 17.0 Å². The van der Waals surface area contributed by atoms with E-state index >= 15 is 0 Å². The molecule has 1 heterocycles. The van der Waals surface area contributed by atoms with E-state index in [1.165, 1.54) is 7.11 Å². The van der Waals surface area contributed by atoms with Gasteiger partial charge in [0.2, 0.25) is 0 Å². The second kappa shape index (κ2) is 6.12. The molecule has 5 heteroatoms. The smallest absolute Gasteiger partial charge is 0.265 e. The molecule has 1 aliphatic rings. The molecule has 0 saturated carbocycles. The SMILES string of the molecule is COc1cc(C=O)cc2c1OCC(=O)N2Cc1ccccc1C. The number of carbonyl (C=O) groups excluding carboxylic acids is 2. The summed E-state index contributed by atoms with van der Waals surface area (Å²) in [5.74, 6) is 0.795. The van der Waals surface area contributed by atoms with Gasteiger partial charge in [0, 0.05) is 5.56 Å². The molecule has 5 nitrogen and oxygen atoms in total. The van der Waals surface area contributed by atoms with Gasteiger partial charge in [-0.1, -0.05) is 24.3 Å². The van der Waals surface area contributed by atoms with E-state index in [9.17, 15) is 9.59 Å². The van der Waals surface area contributed by atoms with Crippen LogP contribution in [0.15, 0.2) is 36.4 Å². The van der Waals surface area contributed by atoms with Crippen LogP contribution in [0.4, 0.5) is 5.69 Å². The van der Waals surface area contributed by atoms with Gasteiger partial charge < -0.3 is 14.4 Å². The number of aldehydes is 1. The van der Waals surface area contributed by atoms with Gasteiger partial charge in [-0.15, -0.1) is 0 Å². The zero-order chi connectivity index (χ0) is 16.4. The molecule has 0 radical (unpaired) electrons. The number of fused-ring (bicyclic) bond motifs is 1. The lowest BCUT2D eigenvalue weighted by Crippen LogP contribution is -2.38. The number of anilines is 1. The molecule has 118 valence electrons. The van der Waals surface area contributed by atoms with Gasteiger partial charge in [0.25, 0.3) is 5.91 Å². The number of aryl methyl sites for hydroxylation is 1. The number of carbonyl (C=O) groups is 2. The third kappa shape index (κ3) is 2.77. The molecule has 0 N–H and O–H groups in total. The second-order valence-electron chi connectivity index (χ2n) is 5.38. The molecule has 1 aliphatic heterocycles. The quantitative estimate of drug-likeness (QED) is 0.815. The first kappa shape index (κ1) is 15.1. The topological polar surface area (TPSA) is 55.8 Å². The van der Waals surface area contributed by atoms with Crippen LogP contribution in [0.25, 0.3) is 0 Å². The third-order valence-electron chi connectivity index (χ3n) is 3.94. The lowest BCUT2D eigenvalue weighted by Gasteiger charge is -2.31. The monoisotopic (exact) mass is 311 g/mol. The van der Waals surface area contributed by atoms with Gasteiger partial charge in [-0.25, -0.2) is 0 Å². The van der Waals surface area contributed by atoms with Crippen molar-refractivity contribution in [3.05, 3.63) is 53.1 Å². The molecule has 2 aromatic rings. The molecule has 3 rings (SSSR count). The summed E-state index contributed by atoms with van der Waals surface area (Å²) in [6, 6.07) is 11.1. The Hall–Kier alpha value is -2.82. The minimum absolute atomic E-state index is 0.0460. The maximum Gasteiger partial charge on any atom is 0.265 e. The Kier molecular flexibility index (Phi) is 4.02. The molecule has 0 aromatic heterocycles. The Morgan fingerprint density at radius 1 is 1.30 bits per heavy atom. The van der Waals surface area contributed by atoms with Gasteiger partial charge in [-0.2, -0.15) is 0 Å². The van der Waals surface area contributed by atoms with Crippen molar-refractivity contribution < 1.29 is 19.1 Å². The van der Waals surface area contributed by atoms with Crippen LogP contribution >= 0.6 is 0 Å². The zero-order valence-corrected chi connectivity index (χ0v) is 13.0. The summed E-state index contributed by atoms with van der Waals surface area (Å²) < 4.78 is 10.8. The third-order valence-corrected chi connectivity index (χ3v) is 3.94. The average Bonchev–Trinajstić information content (AvgIpc) is 2.58. The number of methoxy groups -OCH3 is 1. The highest BCUT2D eigenvalue weighted by Gasteiger charge is 2.29. The first-order valence-electron chi connectivity index (χ1n) is 7.29. The molecule has 0 unspecified atom stereocenters. The van der Waals surface area contributed by atoms with Crippen molar-refractivity contribution in [2.75, 3.05) is 18.6 Å². The Bertz CT molecular complexity index is 770. The highest BCUT2D eigenvalue weighted by atomic mass is 16.5. The number of hydrogen-bond acceptors (Lipinski definition) is 4. The van der Waals surface area contributed by atoms with E-state index in [4.69, 9.17) is 9.47 Å². The summed E-state index contributed by atoms with van der Waals surface area (Å²) in [5.41, 5.74) is 3.15. The molecule has 0 atom stereocenters. The van der Waals surface area contributed by atoms with E-state index in [-0.39, 0.29) is 12.5 Å². The van der Waals surface area contributed by atoms with Crippen LogP contribution < -0.4 is 14.4 Å². The summed E-state index contributed by atoms with van der Waals surface area (Å²) in [6.07, 6.45) is 0.730. The number of nitrogens with zero attached hydrogens (tertiary/aromatic N) is 1. The number of rotatable bonds is 4. The molecule has 1 amide bonds. The van der Waals surface area contributed by atoms with Gasteiger partial charge in [0.05, 0.1) is 19.3 Å². The summed E-state index contributed by atoms with van der Waals surface area (Å²) in [5, 5.41) is 0. The van der Waals surface area contributed by atoms with Gasteiger partial charge in [0.1, 0.15) is 6.29 Å². The van der Waals surface area contributed by atoms with Crippen LogP contribution in [0.5, 0.6) is 11.5 Å². The van der Waals surface area contributed by atoms with Crippen molar-refractivity contribution in [2.45, 2.75) is 13.5 Å². The average molecular weight is 311 g/mol. The second-order valence-corrected chi connectivity index (χ2v) is 5.38. The molecule has 0 bridgehead atoms. The predicted molar refractivity (Wildman–Crippen MR) is 86.2 cm³/mol. The summed E-state index contributed by atoms with van der Waals surface area (Å²) in [4.78, 5) is 25.1. The summed E-state index contributed by atoms with van der Waals surface area (Å²) in [7, 11) is 1.51. The van der Waals surface area contributed by atoms with Crippen molar-refractivity contribution in [1.29, 1.82) is 0 Å². The highest BCUT2D eigenvalue weighted by Crippen LogP contribution is 2.41. The van der Waals surface area contributed by atoms with E-state index in [2.05, 4.69) is 0 Å². The number of hydrogen-bond donors (Lipinski definition) is 0. The standard InChI is InChI=1S/C18H17NO4/c1-12-5-3-4-6-14(12)9-19-15-7-13(10-20)8-16(22-2)18(15)23-11-17(19)21/h3-8,10H,9,11H2,1-2H3. The lowest BCUT2D eigenvalue weighted by molar-refractivity contribution is -0.121. The van der Waals surface area contributed by atoms with Crippen LogP contribution in [0.1, 0.15) is 21.5 Å². The van der Waals surface area contributed by atoms with Crippen LogP contribution in [0, 0.1) is 6.92 Å². The Morgan fingerprint density at radius 2 is 2.09 bits per heavy atom. The van der Waals surface area contributed by atoms with E-state index < -0.39 is 0 Å². The van der Waals surface area contributed by atoms with Gasteiger partial charge in [-0.05, 0) is 30.2 Å². The largest absolute Gasteiger partial charge is 0.493 e. The van der Waals surface area contributed by atoms with Crippen molar-refractivity contribution >= 4 is 17.9 Å². The first-order chi connectivity index (χ1) is 11.1. The van der Waals surface area contributed by atoms with Crippen LogP contribution in [0.2, 0.25) is 0 Å². The van der Waals surface area contributed by atoms with Gasteiger partial charge in [0.15, 0.2) is 18.1 Å². The number of amides is 1. The predicted octanol–water partition coefficient (Wildman–Crippen LogP) is 2.74. The fourth-order valence-electron chi connectivity index (χ4n) is 2.65. The maximum absolute atomic E-state index is 12.3. The fraction of sp³-hybridized carbons (Fsp3) is 0.222. The van der Waals surface area contributed by atoms with Gasteiger partial charge in [-0.3, -0.25) is 9.59 Å². The number of ether oxygens (including phenoxy) is 2. The van der Waals surface area contributed by atoms with Crippen molar-refractivity contribution in [3.8, 4) is 11.5 Å². The summed E-state index contributed by atoms with van der Waals surface area (Å²) >= 11 is 0. The fourth-order valence-corrected chi connectivity index (χ4v) is 2.65. The lowest BCUT2D eigenvalue weighted by atomic mass is 10.1. The molecule has 0 fully saturated rings. The minimum atomic E-state index is -0.147. The maximum atomic E-state index is 12.3. The normalized spacial score (nSPS) is 13.3. The molecule has 0 saturated heterocycles. The van der Waals surface area contributed by atoms with E-state index in [1.807, 2.05) is 31.2 Å². The molecule has 0 aliphatic carbocycles. The van der Waals surface area contributed by atoms with Gasteiger partial charge >= 0.3 is 0 Å². The van der Waals surface area contributed by atoms with Crippen molar-refractivity contribution in [1.82, 2.24) is 0 Å². The molecular formula is C18H17NO4. The summed E-state index contributed by atoms with van der Waals surface area (Å²) in [6.45, 7) is 2.38. The molecule has 0 spiro atoms. The van der Waals surface area contributed by atoms with Crippen molar-refractivity contribution in [3.63, 3.8) is 0 Å². The minimum Gasteiger partial charge on any atom is -0.493 e. The molecule has 23 heavy (non-hydrogen) atoms. The number of benzene rings is 2. The van der Waals surface area contributed by atoms with Crippen LogP contribution in [-0.4, -0.2) is 25.9 Å². The van der Waals surface area contributed by atoms with E-state index in [0.29, 0.717) is 29.3 Å². The Morgan fingerprint density at radius 3 is 2.78 bits per heavy atom. The van der Waals surface area contributed by atoms with Crippen LogP contribution in [-0.2, 0) is 11.3 Å². The van der Waals surface area contributed by atoms with Crippen LogP contribution in [0.3, 0.4) is 0 Å². The zero-order valence-electron chi connectivity index (χ0n) is 13.0. The highest BCUT2D eigenvalue weighted by molar-refractivity contribution is 5.99. The first-order valence-corrected chi connectivity index (χ1v) is 7.29. The molecular weight excluding hydrogens is 294 g/mol. The Labute approximate surface area is 134 Å².